The molecular weight excluding hydrogens is 751 g/mol. The van der Waals surface area contributed by atoms with Gasteiger partial charge in [-0.05, 0) is 66.5 Å². The molecule has 0 unspecified atom stereocenters. The van der Waals surface area contributed by atoms with Gasteiger partial charge in [0.2, 0.25) is 0 Å². The minimum absolute atomic E-state index is 0.220. The zero-order chi connectivity index (χ0) is 40.1. The molecule has 0 heterocycles. The molecule has 0 amide bonds. The van der Waals surface area contributed by atoms with Gasteiger partial charge >= 0.3 is 0 Å². The fourth-order valence-corrected chi connectivity index (χ4v) is 9.29. The summed E-state index contributed by atoms with van der Waals surface area (Å²) in [6, 6.07) is 6.36. The molecule has 0 radical (unpaired) electrons. The number of halogens is 15. The number of rotatable bonds is 5. The van der Waals surface area contributed by atoms with Crippen LogP contribution in [0.2, 0.25) is 0 Å². The molecule has 52 heavy (non-hydrogen) atoms. The smallest absolute Gasteiger partial charge is 0.200 e. The van der Waals surface area contributed by atoms with Crippen LogP contribution in [-0.4, -0.2) is 17.0 Å². The molecule has 18 heteroatoms. The Labute approximate surface area is 289 Å². The second kappa shape index (κ2) is 15.2. The van der Waals surface area contributed by atoms with Crippen LogP contribution < -0.4 is 20.9 Å². The molecule has 1 nitrogen and oxygen atoms in total. The molecule has 0 N–H and O–H groups in total. The van der Waals surface area contributed by atoms with Crippen molar-refractivity contribution >= 4 is 31.2 Å². The Kier molecular flexibility index (Phi) is 12.5. The van der Waals surface area contributed by atoms with Crippen LogP contribution in [0, 0.1) is 101 Å². The third-order valence-electron chi connectivity index (χ3n) is 7.94. The molecule has 4 aromatic carbocycles. The number of hydrogen-bond acceptors (Lipinski definition) is 1. The van der Waals surface area contributed by atoms with Crippen LogP contribution in [0.5, 0.6) is 5.75 Å². The monoisotopic (exact) mass is 780 g/mol. The highest BCUT2D eigenvalue weighted by atomic mass is 31.1. The Morgan fingerprint density at radius 1 is 0.404 bits per heavy atom. The molecule has 284 valence electrons. The summed E-state index contributed by atoms with van der Waals surface area (Å²) in [5.41, 5.74) is -5.30. The van der Waals surface area contributed by atoms with Gasteiger partial charge in [0, 0.05) is 0 Å². The first kappa shape index (κ1) is 42.5. The fraction of sp³-hybridized carbons (Fsp3) is 0.294. The molecule has 0 saturated heterocycles. The van der Waals surface area contributed by atoms with E-state index < -0.39 is 119 Å². The zero-order valence-corrected chi connectivity index (χ0v) is 29.5. The van der Waals surface area contributed by atoms with Crippen molar-refractivity contribution in [2.24, 2.45) is 0 Å². The van der Waals surface area contributed by atoms with Crippen molar-refractivity contribution in [3.05, 3.63) is 117 Å². The van der Waals surface area contributed by atoms with Gasteiger partial charge in [-0.3, -0.25) is 0 Å². The Balaban J connectivity index is 0.000000341. The van der Waals surface area contributed by atoms with Gasteiger partial charge in [0.25, 0.3) is 0 Å². The fourth-order valence-electron chi connectivity index (χ4n) is 5.91. The lowest BCUT2D eigenvalue weighted by molar-refractivity contribution is 0.380. The van der Waals surface area contributed by atoms with Gasteiger partial charge in [-0.2, -0.15) is 0 Å². The second-order valence-corrected chi connectivity index (χ2v) is 17.7. The van der Waals surface area contributed by atoms with E-state index in [1.165, 1.54) is 11.1 Å². The summed E-state index contributed by atoms with van der Waals surface area (Å²) in [6.07, 6.45) is 0. The minimum Gasteiger partial charge on any atom is -0.352 e. The zero-order valence-electron chi connectivity index (χ0n) is 28.5. The SMILES string of the molecule is Cc1cccc(C)c1O[PH+](C(C)(C)C)C(C)(C)C.Fc1c(F)c(F)c([BH-](c2c(F)c(F)c(F)c(F)c2F)c2c(F)c(F)c(F)c(F)c2F)c(F)c1F. The Hall–Kier alpha value is -3.88. The van der Waals surface area contributed by atoms with Crippen LogP contribution in [0.3, 0.4) is 0 Å². The van der Waals surface area contributed by atoms with E-state index in [-0.39, 0.29) is 10.3 Å². The van der Waals surface area contributed by atoms with Crippen molar-refractivity contribution in [3.63, 3.8) is 0 Å². The van der Waals surface area contributed by atoms with Gasteiger partial charge in [-0.15, -0.1) is 16.4 Å². The third-order valence-corrected chi connectivity index (χ3v) is 11.1. The standard InChI is InChI=1S/C18HBF15.C16H27OP/c20-4-1(5(21)11(27)16(32)10(4)26)19(2-6(22)12(28)17(33)13(29)7(2)23)3-8(24)14(30)18(34)15(31)9(3)25;1-12-10-9-11-13(2)14(12)17-18(15(3,4)5)16(6,7)8/h19H;9-11H,1-8H3/q-1;/p+1. The topological polar surface area (TPSA) is 9.23 Å². The largest absolute Gasteiger partial charge is 0.352 e. The molecule has 0 aliphatic rings. The van der Waals surface area contributed by atoms with Crippen molar-refractivity contribution < 1.29 is 70.4 Å². The summed E-state index contributed by atoms with van der Waals surface area (Å²) in [7, 11) is -0.972. The molecule has 4 aromatic rings. The van der Waals surface area contributed by atoms with Crippen molar-refractivity contribution in [1.82, 2.24) is 0 Å². The highest BCUT2D eigenvalue weighted by Gasteiger charge is 2.45. The van der Waals surface area contributed by atoms with Crippen molar-refractivity contribution in [2.75, 3.05) is 0 Å². The highest BCUT2D eigenvalue weighted by molar-refractivity contribution is 7.56. The average Bonchev–Trinajstić information content (AvgIpc) is 3.05. The van der Waals surface area contributed by atoms with Crippen molar-refractivity contribution in [1.29, 1.82) is 0 Å². The van der Waals surface area contributed by atoms with Crippen LogP contribution in [0.4, 0.5) is 65.9 Å². The normalized spacial score (nSPS) is 12.1. The molecule has 0 atom stereocenters. The van der Waals surface area contributed by atoms with E-state index in [1.807, 2.05) is 0 Å². The average molecular weight is 780 g/mol. The first-order chi connectivity index (χ1) is 23.7. The highest BCUT2D eigenvalue weighted by Crippen LogP contribution is 2.60. The minimum atomic E-state index is -5.16. The van der Waals surface area contributed by atoms with E-state index in [1.54, 1.807) is 0 Å². The third kappa shape index (κ3) is 7.74. The Bertz CT molecular complexity index is 1750. The van der Waals surface area contributed by atoms with Gasteiger partial charge in [-0.25, -0.2) is 65.9 Å². The molecule has 0 aliphatic heterocycles. The number of aryl methyl sites for hydroxylation is 2. The van der Waals surface area contributed by atoms with E-state index >= 15 is 0 Å². The maximum absolute atomic E-state index is 14.4. The lowest BCUT2D eigenvalue weighted by Gasteiger charge is -2.32. The Morgan fingerprint density at radius 2 is 0.615 bits per heavy atom. The predicted molar refractivity (Wildman–Crippen MR) is 169 cm³/mol. The molecule has 0 aliphatic carbocycles. The van der Waals surface area contributed by atoms with Gasteiger partial charge in [0.1, 0.15) is 45.2 Å². The van der Waals surface area contributed by atoms with Crippen LogP contribution in [0.15, 0.2) is 18.2 Å². The van der Waals surface area contributed by atoms with Gasteiger partial charge in [0.15, 0.2) is 66.3 Å². The second-order valence-electron chi connectivity index (χ2n) is 13.8. The molecule has 0 fully saturated rings. The van der Waals surface area contributed by atoms with Crippen LogP contribution in [0.25, 0.3) is 0 Å². The first-order valence-electron chi connectivity index (χ1n) is 15.0. The predicted octanol–water partition coefficient (Wildman–Crippen LogP) is 9.43. The van der Waals surface area contributed by atoms with Gasteiger partial charge in [0.05, 0.1) is 6.71 Å². The van der Waals surface area contributed by atoms with E-state index in [0.717, 1.165) is 5.75 Å². The van der Waals surface area contributed by atoms with Crippen LogP contribution in [-0.2, 0) is 0 Å². The molecule has 0 bridgehead atoms. The number of benzene rings is 4. The summed E-state index contributed by atoms with van der Waals surface area (Å²) in [5.74, 6) is -43.7. The summed E-state index contributed by atoms with van der Waals surface area (Å²) >= 11 is 0. The van der Waals surface area contributed by atoms with E-state index in [4.69, 9.17) is 4.52 Å². The van der Waals surface area contributed by atoms with Gasteiger partial charge in [-0.1, -0.05) is 18.2 Å². The molecule has 0 aromatic heterocycles. The van der Waals surface area contributed by atoms with E-state index in [2.05, 4.69) is 73.6 Å². The number of para-hydroxylation sites is 1. The Morgan fingerprint density at radius 3 is 0.827 bits per heavy atom. The molecular formula is C34H29BF15OP. The lowest BCUT2D eigenvalue weighted by atomic mass is 9.36. The maximum Gasteiger partial charge on any atom is 0.200 e. The van der Waals surface area contributed by atoms with Crippen LogP contribution in [0.1, 0.15) is 52.7 Å². The summed E-state index contributed by atoms with van der Waals surface area (Å²) in [4.78, 5) is 0. The maximum atomic E-state index is 14.4. The number of hydrogen-bond donors (Lipinski definition) is 0. The summed E-state index contributed by atoms with van der Waals surface area (Å²) in [6.45, 7) is 12.9. The van der Waals surface area contributed by atoms with Crippen LogP contribution >= 0.6 is 8.15 Å². The molecule has 0 saturated carbocycles. The summed E-state index contributed by atoms with van der Waals surface area (Å²) < 4.78 is 215. The molecule has 0 spiro atoms. The van der Waals surface area contributed by atoms with Crippen molar-refractivity contribution in [2.45, 2.75) is 65.7 Å². The van der Waals surface area contributed by atoms with Crippen molar-refractivity contribution in [3.8, 4) is 5.75 Å². The lowest BCUT2D eigenvalue weighted by Crippen LogP contribution is -2.60. The van der Waals surface area contributed by atoms with E-state index in [9.17, 15) is 65.9 Å². The van der Waals surface area contributed by atoms with E-state index in [0.29, 0.717) is 0 Å². The first-order valence-corrected chi connectivity index (χ1v) is 16.5. The quantitative estimate of drug-likeness (QED) is 0.0646. The van der Waals surface area contributed by atoms with Gasteiger partial charge < -0.3 is 4.52 Å². The molecule has 4 rings (SSSR count). The summed E-state index contributed by atoms with van der Waals surface area (Å²) in [5, 5.41) is 0.440.